The fraction of sp³-hybridized carbons (Fsp3) is 0.625. The highest BCUT2D eigenvalue weighted by molar-refractivity contribution is 7.92. The van der Waals surface area contributed by atoms with Crippen LogP contribution in [0.3, 0.4) is 0 Å². The normalized spacial score (nSPS) is 20.8. The summed E-state index contributed by atoms with van der Waals surface area (Å²) in [5, 5.41) is 3.26. The van der Waals surface area contributed by atoms with E-state index in [0.717, 1.165) is 38.0 Å². The molecular formula is C16H23N3O3S. The van der Waals surface area contributed by atoms with Gasteiger partial charge in [-0.1, -0.05) is 0 Å². The minimum absolute atomic E-state index is 0.00145. The van der Waals surface area contributed by atoms with Crippen LogP contribution < -0.4 is 5.32 Å². The van der Waals surface area contributed by atoms with E-state index in [0.29, 0.717) is 23.7 Å². The van der Waals surface area contributed by atoms with Gasteiger partial charge in [-0.2, -0.15) is 0 Å². The second-order valence-corrected chi connectivity index (χ2v) is 8.59. The zero-order valence-corrected chi connectivity index (χ0v) is 14.0. The smallest absolute Gasteiger partial charge is 0.272 e. The molecular weight excluding hydrogens is 314 g/mol. The molecule has 3 rings (SSSR count). The van der Waals surface area contributed by atoms with Gasteiger partial charge >= 0.3 is 0 Å². The van der Waals surface area contributed by atoms with Crippen LogP contribution in [-0.2, 0) is 9.84 Å². The Hall–Kier alpha value is -1.63. The summed E-state index contributed by atoms with van der Waals surface area (Å²) >= 11 is 0. The predicted octanol–water partition coefficient (Wildman–Crippen LogP) is 1.55. The molecule has 0 unspecified atom stereocenters. The number of sulfone groups is 1. The van der Waals surface area contributed by atoms with Gasteiger partial charge in [0.2, 0.25) is 0 Å². The lowest BCUT2D eigenvalue weighted by Crippen LogP contribution is -2.37. The number of carbonyl (C=O) groups excluding carboxylic acids is 1. The number of hydrogen-bond donors (Lipinski definition) is 1. The number of nitrogens with one attached hydrogen (secondary N) is 1. The number of likely N-dealkylation sites (tertiary alicyclic amines) is 1. The van der Waals surface area contributed by atoms with E-state index in [9.17, 15) is 13.2 Å². The first kappa shape index (κ1) is 16.2. The summed E-state index contributed by atoms with van der Waals surface area (Å²) in [5.74, 6) is 0.884. The first-order valence-corrected chi connectivity index (χ1v) is 10.1. The first-order chi connectivity index (χ1) is 11.0. The second kappa shape index (κ2) is 6.86. The largest absolute Gasteiger partial charge is 0.385 e. The van der Waals surface area contributed by atoms with E-state index < -0.39 is 9.84 Å². The Balaban J connectivity index is 1.51. The number of amides is 1. The van der Waals surface area contributed by atoms with Crippen LogP contribution in [0, 0.1) is 5.92 Å². The maximum absolute atomic E-state index is 12.4. The van der Waals surface area contributed by atoms with E-state index in [4.69, 9.17) is 0 Å². The van der Waals surface area contributed by atoms with Crippen molar-refractivity contribution in [1.29, 1.82) is 0 Å². The molecule has 2 fully saturated rings. The van der Waals surface area contributed by atoms with Crippen LogP contribution in [0.5, 0.6) is 0 Å². The average molecular weight is 337 g/mol. The van der Waals surface area contributed by atoms with Crippen molar-refractivity contribution < 1.29 is 13.2 Å². The number of anilines is 1. The number of carbonyl (C=O) groups is 1. The molecule has 1 amide bonds. The van der Waals surface area contributed by atoms with E-state index >= 15 is 0 Å². The third-order valence-corrected chi connectivity index (χ3v) is 6.44. The third-order valence-electron chi connectivity index (χ3n) is 4.48. The van der Waals surface area contributed by atoms with Gasteiger partial charge in [-0.15, -0.1) is 0 Å². The minimum atomic E-state index is -2.74. The number of piperidine rings is 1. The zero-order valence-electron chi connectivity index (χ0n) is 13.2. The lowest BCUT2D eigenvalue weighted by molar-refractivity contribution is 0.0718. The monoisotopic (exact) mass is 337 g/mol. The molecule has 2 aliphatic heterocycles. The molecule has 23 heavy (non-hydrogen) atoms. The Bertz CT molecular complexity index is 657. The fourth-order valence-corrected chi connectivity index (χ4v) is 4.85. The SMILES string of the molecule is O=C(c1cc(NCCC2CS(=O)(=O)C2)ccn1)N1CCCCC1. The van der Waals surface area contributed by atoms with Crippen molar-refractivity contribution in [3.05, 3.63) is 24.0 Å². The molecule has 126 valence electrons. The number of nitrogens with zero attached hydrogens (tertiary/aromatic N) is 2. The Morgan fingerprint density at radius 1 is 1.26 bits per heavy atom. The Kier molecular flexibility index (Phi) is 4.84. The predicted molar refractivity (Wildman–Crippen MR) is 89.2 cm³/mol. The molecule has 1 N–H and O–H groups in total. The lowest BCUT2D eigenvalue weighted by Gasteiger charge is -2.26. The number of pyridine rings is 1. The van der Waals surface area contributed by atoms with Crippen molar-refractivity contribution in [3.63, 3.8) is 0 Å². The highest BCUT2D eigenvalue weighted by Crippen LogP contribution is 2.21. The molecule has 0 bridgehead atoms. The van der Waals surface area contributed by atoms with Crippen molar-refractivity contribution >= 4 is 21.4 Å². The van der Waals surface area contributed by atoms with Gasteiger partial charge in [0.25, 0.3) is 5.91 Å². The Morgan fingerprint density at radius 2 is 2.00 bits per heavy atom. The Labute approximate surface area is 137 Å². The first-order valence-electron chi connectivity index (χ1n) is 8.23. The van der Waals surface area contributed by atoms with E-state index in [1.54, 1.807) is 12.3 Å². The van der Waals surface area contributed by atoms with Gasteiger partial charge in [-0.05, 0) is 43.7 Å². The summed E-state index contributed by atoms with van der Waals surface area (Å²) in [6.45, 7) is 2.34. The highest BCUT2D eigenvalue weighted by Gasteiger charge is 2.32. The fourth-order valence-electron chi connectivity index (χ4n) is 3.17. The van der Waals surface area contributed by atoms with Crippen LogP contribution in [0.25, 0.3) is 0 Å². The standard InChI is InChI=1S/C16H23N3O3S/c20-16(19-8-2-1-3-9-19)15-10-14(5-7-18-15)17-6-4-13-11-23(21,22)12-13/h5,7,10,13H,1-4,6,8-9,11-12H2,(H,17,18). The third kappa shape index (κ3) is 4.22. The topological polar surface area (TPSA) is 79.4 Å². The molecule has 2 saturated heterocycles. The van der Waals surface area contributed by atoms with Gasteiger partial charge in [-0.25, -0.2) is 8.42 Å². The lowest BCUT2D eigenvalue weighted by atomic mass is 10.1. The maximum atomic E-state index is 12.4. The van der Waals surface area contributed by atoms with E-state index in [1.165, 1.54) is 6.42 Å². The van der Waals surface area contributed by atoms with Crippen LogP contribution >= 0.6 is 0 Å². The summed E-state index contributed by atoms with van der Waals surface area (Å²) < 4.78 is 22.3. The molecule has 6 nitrogen and oxygen atoms in total. The zero-order chi connectivity index (χ0) is 16.3. The molecule has 3 heterocycles. The van der Waals surface area contributed by atoms with Gasteiger partial charge in [-0.3, -0.25) is 9.78 Å². The second-order valence-electron chi connectivity index (χ2n) is 6.44. The van der Waals surface area contributed by atoms with Gasteiger partial charge in [0.05, 0.1) is 11.5 Å². The van der Waals surface area contributed by atoms with Crippen molar-refractivity contribution in [3.8, 4) is 0 Å². The molecule has 0 aliphatic carbocycles. The van der Waals surface area contributed by atoms with Crippen molar-refractivity contribution in [2.24, 2.45) is 5.92 Å². The van der Waals surface area contributed by atoms with E-state index in [2.05, 4.69) is 10.3 Å². The van der Waals surface area contributed by atoms with Crippen LogP contribution in [0.15, 0.2) is 18.3 Å². The summed E-state index contributed by atoms with van der Waals surface area (Å²) in [6.07, 6.45) is 5.79. The van der Waals surface area contributed by atoms with Gasteiger partial charge in [0.15, 0.2) is 9.84 Å². The van der Waals surface area contributed by atoms with Crippen molar-refractivity contribution in [2.45, 2.75) is 25.7 Å². The van der Waals surface area contributed by atoms with Gasteiger partial charge in [0, 0.05) is 31.5 Å². The summed E-state index contributed by atoms with van der Waals surface area (Å²) in [5.41, 5.74) is 1.34. The van der Waals surface area contributed by atoms with Crippen LogP contribution in [-0.4, -0.2) is 55.3 Å². The molecule has 1 aromatic rings. The molecule has 0 radical (unpaired) electrons. The maximum Gasteiger partial charge on any atom is 0.272 e. The summed E-state index contributed by atoms with van der Waals surface area (Å²) in [6, 6.07) is 3.62. The molecule has 7 heteroatoms. The van der Waals surface area contributed by atoms with Crippen LogP contribution in [0.1, 0.15) is 36.2 Å². The molecule has 0 saturated carbocycles. The van der Waals surface area contributed by atoms with Crippen LogP contribution in [0.2, 0.25) is 0 Å². The minimum Gasteiger partial charge on any atom is -0.385 e. The van der Waals surface area contributed by atoms with Crippen molar-refractivity contribution in [2.75, 3.05) is 36.5 Å². The Morgan fingerprint density at radius 3 is 2.70 bits per heavy atom. The van der Waals surface area contributed by atoms with E-state index in [1.807, 2.05) is 11.0 Å². The summed E-state index contributed by atoms with van der Waals surface area (Å²) in [7, 11) is -2.74. The molecule has 0 spiro atoms. The molecule has 1 aromatic heterocycles. The molecule has 0 aromatic carbocycles. The van der Waals surface area contributed by atoms with Gasteiger partial charge < -0.3 is 10.2 Å². The van der Waals surface area contributed by atoms with Crippen LogP contribution in [0.4, 0.5) is 5.69 Å². The number of aromatic nitrogens is 1. The molecule has 2 aliphatic rings. The number of hydrogen-bond acceptors (Lipinski definition) is 5. The quantitative estimate of drug-likeness (QED) is 0.882. The highest BCUT2D eigenvalue weighted by atomic mass is 32.2. The number of rotatable bonds is 5. The molecule has 0 atom stereocenters. The summed E-state index contributed by atoms with van der Waals surface area (Å²) in [4.78, 5) is 18.5. The van der Waals surface area contributed by atoms with Crippen molar-refractivity contribution in [1.82, 2.24) is 9.88 Å². The average Bonchev–Trinajstić information content (AvgIpc) is 2.53. The van der Waals surface area contributed by atoms with E-state index in [-0.39, 0.29) is 11.8 Å². The van der Waals surface area contributed by atoms with Gasteiger partial charge in [0.1, 0.15) is 5.69 Å².